The van der Waals surface area contributed by atoms with Crippen LogP contribution in [-0.4, -0.2) is 29.5 Å². The fourth-order valence-electron chi connectivity index (χ4n) is 4.52. The standard InChI is InChI=1S/C21H18F4N8/c1-11-26-16-14-9-12(19(2,3)4)5-7-30(14)21(32(16)28-11)31-8-6-13(22)10-15(31)17-27-18(20(23,24)25)29-33(17)21/h5-10H,1-4H3/q+2. The molecule has 0 saturated heterocycles. The molecule has 2 aliphatic heterocycles. The number of hydrogen-bond donors (Lipinski definition) is 0. The first-order chi connectivity index (χ1) is 15.4. The van der Waals surface area contributed by atoms with Crippen molar-refractivity contribution in [2.45, 2.75) is 45.2 Å². The van der Waals surface area contributed by atoms with Gasteiger partial charge in [0.1, 0.15) is 11.6 Å². The predicted molar refractivity (Wildman–Crippen MR) is 104 cm³/mol. The molecule has 1 unspecified atom stereocenters. The maximum absolute atomic E-state index is 14.2. The minimum atomic E-state index is -4.78. The molecule has 6 rings (SSSR count). The van der Waals surface area contributed by atoms with Gasteiger partial charge in [-0.1, -0.05) is 39.3 Å². The fraction of sp³-hybridized carbons (Fsp3) is 0.333. The first-order valence-corrected chi connectivity index (χ1v) is 10.2. The number of rotatable bonds is 0. The number of aryl methyl sites for hydroxylation is 1. The lowest BCUT2D eigenvalue weighted by Gasteiger charge is -2.19. The summed E-state index contributed by atoms with van der Waals surface area (Å²) in [5.41, 5.74) is 1.60. The van der Waals surface area contributed by atoms with Gasteiger partial charge in [0.25, 0.3) is 17.2 Å². The smallest absolute Gasteiger partial charge is 0.206 e. The molecule has 4 aromatic rings. The van der Waals surface area contributed by atoms with E-state index < -0.39 is 23.7 Å². The van der Waals surface area contributed by atoms with Crippen LogP contribution in [0.15, 0.2) is 36.7 Å². The van der Waals surface area contributed by atoms with Gasteiger partial charge in [0, 0.05) is 18.2 Å². The van der Waals surface area contributed by atoms with E-state index in [1.165, 1.54) is 16.9 Å². The molecule has 0 saturated carbocycles. The average Bonchev–Trinajstić information content (AvgIpc) is 3.42. The van der Waals surface area contributed by atoms with Gasteiger partial charge in [0.2, 0.25) is 11.6 Å². The van der Waals surface area contributed by atoms with Crippen molar-refractivity contribution in [2.24, 2.45) is 0 Å². The third kappa shape index (κ3) is 2.40. The molecule has 33 heavy (non-hydrogen) atoms. The molecule has 1 atom stereocenters. The highest BCUT2D eigenvalue weighted by Crippen LogP contribution is 2.39. The van der Waals surface area contributed by atoms with Crippen molar-refractivity contribution in [1.82, 2.24) is 29.5 Å². The molecule has 0 fully saturated rings. The van der Waals surface area contributed by atoms with Crippen LogP contribution in [0.3, 0.4) is 0 Å². The third-order valence-corrected chi connectivity index (χ3v) is 5.98. The lowest BCUT2D eigenvalue weighted by molar-refractivity contribution is -0.990. The van der Waals surface area contributed by atoms with E-state index in [2.05, 4.69) is 40.9 Å². The summed E-state index contributed by atoms with van der Waals surface area (Å²) in [5, 5.41) is 8.37. The number of pyridine rings is 2. The molecule has 0 bridgehead atoms. The van der Waals surface area contributed by atoms with E-state index in [-0.39, 0.29) is 16.9 Å². The van der Waals surface area contributed by atoms with Gasteiger partial charge >= 0.3 is 12.1 Å². The lowest BCUT2D eigenvalue weighted by atomic mass is 9.87. The van der Waals surface area contributed by atoms with Gasteiger partial charge in [-0.3, -0.25) is 0 Å². The molecule has 12 heteroatoms. The quantitative estimate of drug-likeness (QED) is 0.259. The second-order valence-electron chi connectivity index (χ2n) is 9.18. The minimum Gasteiger partial charge on any atom is -0.206 e. The molecule has 0 radical (unpaired) electrons. The van der Waals surface area contributed by atoms with Crippen molar-refractivity contribution in [1.29, 1.82) is 0 Å². The van der Waals surface area contributed by atoms with E-state index in [0.717, 1.165) is 16.3 Å². The molecular formula is C21H18F4N8+2. The summed E-state index contributed by atoms with van der Waals surface area (Å²) in [6.45, 7) is 7.89. The van der Waals surface area contributed by atoms with Crippen LogP contribution in [0, 0.1) is 12.7 Å². The number of halogens is 4. The molecular weight excluding hydrogens is 440 g/mol. The summed E-state index contributed by atoms with van der Waals surface area (Å²) in [6, 6.07) is 6.21. The number of alkyl halides is 3. The molecule has 0 amide bonds. The first-order valence-electron chi connectivity index (χ1n) is 10.2. The summed E-state index contributed by atoms with van der Waals surface area (Å²) < 4.78 is 61.0. The molecule has 2 aliphatic rings. The van der Waals surface area contributed by atoms with Crippen LogP contribution in [0.25, 0.3) is 23.0 Å². The second-order valence-corrected chi connectivity index (χ2v) is 9.18. The van der Waals surface area contributed by atoms with Gasteiger partial charge < -0.3 is 0 Å². The molecule has 0 aliphatic carbocycles. The molecule has 8 nitrogen and oxygen atoms in total. The van der Waals surface area contributed by atoms with Crippen molar-refractivity contribution in [3.63, 3.8) is 0 Å². The van der Waals surface area contributed by atoms with Crippen molar-refractivity contribution >= 4 is 0 Å². The SMILES string of the molecule is Cc1nc2n(n1)C1(n3nc(C(F)(F)F)nc3-c3cc(F)cc[n+]31)[n+]1ccc(C(C)(C)C)cc1-2. The Morgan fingerprint density at radius 1 is 0.879 bits per heavy atom. The first kappa shape index (κ1) is 19.9. The Bertz CT molecular complexity index is 1480. The number of hydrogen-bond acceptors (Lipinski definition) is 4. The van der Waals surface area contributed by atoms with Gasteiger partial charge in [-0.25, -0.2) is 9.37 Å². The Kier molecular flexibility index (Phi) is 3.51. The highest BCUT2D eigenvalue weighted by Gasteiger charge is 2.71. The van der Waals surface area contributed by atoms with Crippen LogP contribution in [0.5, 0.6) is 0 Å². The van der Waals surface area contributed by atoms with Crippen LogP contribution in [-0.2, 0) is 17.5 Å². The Morgan fingerprint density at radius 2 is 1.48 bits per heavy atom. The summed E-state index contributed by atoms with van der Waals surface area (Å²) in [7, 11) is 0. The summed E-state index contributed by atoms with van der Waals surface area (Å²) >= 11 is 0. The predicted octanol–water partition coefficient (Wildman–Crippen LogP) is 2.38. The van der Waals surface area contributed by atoms with Crippen molar-refractivity contribution in [2.75, 3.05) is 0 Å². The zero-order valence-electron chi connectivity index (χ0n) is 18.1. The zero-order valence-corrected chi connectivity index (χ0v) is 18.1. The van der Waals surface area contributed by atoms with Crippen LogP contribution in [0.2, 0.25) is 0 Å². The van der Waals surface area contributed by atoms with Crippen LogP contribution in [0.1, 0.15) is 38.0 Å². The van der Waals surface area contributed by atoms with Gasteiger partial charge in [0.15, 0.2) is 12.4 Å². The molecule has 0 aromatic carbocycles. The number of aromatic nitrogens is 8. The Hall–Kier alpha value is -3.70. The fourth-order valence-corrected chi connectivity index (χ4v) is 4.52. The molecule has 6 heterocycles. The van der Waals surface area contributed by atoms with Crippen LogP contribution < -0.4 is 9.13 Å². The maximum atomic E-state index is 14.2. The van der Waals surface area contributed by atoms with E-state index in [9.17, 15) is 17.6 Å². The van der Waals surface area contributed by atoms with Gasteiger partial charge in [-0.2, -0.15) is 18.2 Å². The minimum absolute atomic E-state index is 0.124. The van der Waals surface area contributed by atoms with Crippen LogP contribution in [0.4, 0.5) is 17.6 Å². The monoisotopic (exact) mass is 458 g/mol. The highest BCUT2D eigenvalue weighted by atomic mass is 19.4. The van der Waals surface area contributed by atoms with Crippen molar-refractivity contribution in [3.8, 4) is 23.0 Å². The normalized spacial score (nSPS) is 18.4. The Morgan fingerprint density at radius 3 is 2.15 bits per heavy atom. The van der Waals surface area contributed by atoms with E-state index in [1.54, 1.807) is 22.3 Å². The topological polar surface area (TPSA) is 69.2 Å². The molecule has 4 aromatic heterocycles. The van der Waals surface area contributed by atoms with Gasteiger partial charge in [0.05, 0.1) is 6.07 Å². The van der Waals surface area contributed by atoms with E-state index in [4.69, 9.17) is 0 Å². The highest BCUT2D eigenvalue weighted by molar-refractivity contribution is 5.53. The summed E-state index contributed by atoms with van der Waals surface area (Å²) in [6.07, 6.45) is -1.55. The number of nitrogens with zero attached hydrogens (tertiary/aromatic N) is 8. The van der Waals surface area contributed by atoms with Gasteiger partial charge in [-0.15, -0.1) is 10.2 Å². The number of fused-ring (bicyclic) bond motifs is 10. The van der Waals surface area contributed by atoms with E-state index in [0.29, 0.717) is 17.3 Å². The summed E-state index contributed by atoms with van der Waals surface area (Å²) in [5.74, 6) is -2.71. The van der Waals surface area contributed by atoms with Gasteiger partial charge in [-0.05, 0) is 17.9 Å². The largest absolute Gasteiger partial charge is 0.586 e. The average molecular weight is 458 g/mol. The second kappa shape index (κ2) is 5.80. The van der Waals surface area contributed by atoms with Crippen molar-refractivity contribution in [3.05, 3.63) is 59.7 Å². The van der Waals surface area contributed by atoms with E-state index in [1.807, 2.05) is 12.1 Å². The molecule has 168 valence electrons. The Balaban J connectivity index is 1.77. The zero-order chi connectivity index (χ0) is 23.5. The molecule has 1 spiro atoms. The molecule has 0 N–H and O–H groups in total. The Labute approximate surface area is 184 Å². The van der Waals surface area contributed by atoms with Crippen LogP contribution >= 0.6 is 0 Å². The summed E-state index contributed by atoms with van der Waals surface area (Å²) in [4.78, 5) is 8.29. The van der Waals surface area contributed by atoms with Crippen molar-refractivity contribution < 1.29 is 26.7 Å². The lowest BCUT2D eigenvalue weighted by Crippen LogP contribution is -2.77. The third-order valence-electron chi connectivity index (χ3n) is 5.98. The van der Waals surface area contributed by atoms with E-state index >= 15 is 0 Å². The maximum Gasteiger partial charge on any atom is 0.586 e.